The SMILES string of the molecule is COC(=O)C(OC1OC(COC2OC(CO)C(O)C(O)C2O)C(O)C(O)C1O)c1ccccc1. The molecule has 13 heteroatoms. The normalized spacial score (nSPS) is 39.4. The van der Waals surface area contributed by atoms with Crippen molar-refractivity contribution in [1.29, 1.82) is 0 Å². The highest BCUT2D eigenvalue weighted by Gasteiger charge is 2.48. The Morgan fingerprint density at radius 2 is 1.41 bits per heavy atom. The van der Waals surface area contributed by atoms with Gasteiger partial charge in [-0.1, -0.05) is 30.3 Å². The van der Waals surface area contributed by atoms with E-state index in [0.29, 0.717) is 5.56 Å². The van der Waals surface area contributed by atoms with Crippen LogP contribution in [0.5, 0.6) is 0 Å². The lowest BCUT2D eigenvalue weighted by molar-refractivity contribution is -0.335. The molecule has 0 saturated carbocycles. The molecule has 0 aliphatic carbocycles. The third kappa shape index (κ3) is 5.72. The minimum atomic E-state index is -1.75. The molecule has 11 unspecified atom stereocenters. The molecule has 0 radical (unpaired) electrons. The molecule has 0 amide bonds. The van der Waals surface area contributed by atoms with Gasteiger partial charge in [-0.2, -0.15) is 0 Å². The molecule has 2 aliphatic heterocycles. The highest BCUT2D eigenvalue weighted by molar-refractivity contribution is 5.76. The fourth-order valence-corrected chi connectivity index (χ4v) is 3.70. The first-order chi connectivity index (χ1) is 16.2. The molecule has 3 rings (SSSR count). The van der Waals surface area contributed by atoms with Crippen molar-refractivity contribution in [2.45, 2.75) is 67.5 Å². The zero-order valence-electron chi connectivity index (χ0n) is 18.2. The van der Waals surface area contributed by atoms with Crippen molar-refractivity contribution < 1.29 is 64.2 Å². The van der Waals surface area contributed by atoms with E-state index in [1.807, 2.05) is 0 Å². The van der Waals surface area contributed by atoms with Crippen LogP contribution in [0.25, 0.3) is 0 Å². The number of aliphatic hydroxyl groups excluding tert-OH is 7. The summed E-state index contributed by atoms with van der Waals surface area (Å²) in [5, 5.41) is 70.0. The van der Waals surface area contributed by atoms with Gasteiger partial charge in [0.25, 0.3) is 0 Å². The number of aliphatic hydroxyl groups is 7. The maximum Gasteiger partial charge on any atom is 0.339 e. The number of rotatable bonds is 8. The molecule has 7 N–H and O–H groups in total. The molecule has 192 valence electrons. The van der Waals surface area contributed by atoms with Crippen LogP contribution >= 0.6 is 0 Å². The molecule has 2 fully saturated rings. The summed E-state index contributed by atoms with van der Waals surface area (Å²) in [6.45, 7) is -1.19. The van der Waals surface area contributed by atoms with Crippen LogP contribution in [-0.4, -0.2) is 123 Å². The molecule has 34 heavy (non-hydrogen) atoms. The van der Waals surface area contributed by atoms with E-state index in [-0.39, 0.29) is 0 Å². The van der Waals surface area contributed by atoms with Gasteiger partial charge in [0.1, 0.15) is 48.8 Å². The van der Waals surface area contributed by atoms with Crippen molar-refractivity contribution in [2.24, 2.45) is 0 Å². The van der Waals surface area contributed by atoms with Gasteiger partial charge in [-0.15, -0.1) is 0 Å². The van der Waals surface area contributed by atoms with Gasteiger partial charge in [0.2, 0.25) is 0 Å². The molecular weight excluding hydrogens is 460 g/mol. The van der Waals surface area contributed by atoms with Gasteiger partial charge in [-0.05, 0) is 5.56 Å². The lowest BCUT2D eigenvalue weighted by atomic mass is 9.98. The Morgan fingerprint density at radius 1 is 0.853 bits per heavy atom. The first-order valence-electron chi connectivity index (χ1n) is 10.6. The molecule has 1 aromatic rings. The van der Waals surface area contributed by atoms with Gasteiger partial charge in [0, 0.05) is 0 Å². The van der Waals surface area contributed by atoms with E-state index in [1.165, 1.54) is 0 Å². The zero-order chi connectivity index (χ0) is 25.0. The first-order valence-corrected chi connectivity index (χ1v) is 10.6. The van der Waals surface area contributed by atoms with Crippen LogP contribution in [-0.2, 0) is 28.5 Å². The van der Waals surface area contributed by atoms with Gasteiger partial charge < -0.3 is 59.4 Å². The molecule has 2 saturated heterocycles. The molecule has 0 aromatic heterocycles. The van der Waals surface area contributed by atoms with Crippen molar-refractivity contribution >= 4 is 5.97 Å². The van der Waals surface area contributed by atoms with E-state index in [2.05, 4.69) is 0 Å². The predicted octanol–water partition coefficient (Wildman–Crippen LogP) is -3.46. The van der Waals surface area contributed by atoms with Crippen molar-refractivity contribution in [3.8, 4) is 0 Å². The zero-order valence-corrected chi connectivity index (χ0v) is 18.2. The van der Waals surface area contributed by atoms with Crippen LogP contribution in [0.3, 0.4) is 0 Å². The maximum atomic E-state index is 12.3. The summed E-state index contributed by atoms with van der Waals surface area (Å²) in [5.74, 6) is -0.795. The van der Waals surface area contributed by atoms with E-state index in [4.69, 9.17) is 23.7 Å². The third-order valence-corrected chi connectivity index (χ3v) is 5.73. The summed E-state index contributed by atoms with van der Waals surface area (Å²) >= 11 is 0. The van der Waals surface area contributed by atoms with Gasteiger partial charge >= 0.3 is 5.97 Å². The van der Waals surface area contributed by atoms with Crippen molar-refractivity contribution in [1.82, 2.24) is 0 Å². The maximum absolute atomic E-state index is 12.3. The largest absolute Gasteiger partial charge is 0.467 e. The number of methoxy groups -OCH3 is 1. The van der Waals surface area contributed by atoms with Crippen molar-refractivity contribution in [3.63, 3.8) is 0 Å². The summed E-state index contributed by atoms with van der Waals surface area (Å²) in [5.41, 5.74) is 0.389. The summed E-state index contributed by atoms with van der Waals surface area (Å²) in [4.78, 5) is 12.3. The predicted molar refractivity (Wildman–Crippen MR) is 109 cm³/mol. The van der Waals surface area contributed by atoms with E-state index in [0.717, 1.165) is 7.11 Å². The van der Waals surface area contributed by atoms with E-state index >= 15 is 0 Å². The quantitative estimate of drug-likeness (QED) is 0.177. The number of carbonyl (C=O) groups is 1. The average Bonchev–Trinajstić information content (AvgIpc) is 2.86. The van der Waals surface area contributed by atoms with Crippen LogP contribution in [0.1, 0.15) is 11.7 Å². The molecule has 0 bridgehead atoms. The number of hydrogen-bond donors (Lipinski definition) is 7. The first kappa shape index (κ1) is 26.8. The van der Waals surface area contributed by atoms with Crippen LogP contribution < -0.4 is 0 Å². The van der Waals surface area contributed by atoms with Crippen LogP contribution in [0, 0.1) is 0 Å². The number of hydrogen-bond acceptors (Lipinski definition) is 13. The highest BCUT2D eigenvalue weighted by Crippen LogP contribution is 2.29. The molecule has 13 nitrogen and oxygen atoms in total. The second-order valence-corrected chi connectivity index (χ2v) is 8.00. The Labute approximate surface area is 194 Å². The van der Waals surface area contributed by atoms with Gasteiger partial charge in [0.15, 0.2) is 18.7 Å². The Hall–Kier alpha value is -1.75. The van der Waals surface area contributed by atoms with Crippen LogP contribution in [0.4, 0.5) is 0 Å². The average molecular weight is 490 g/mol. The lowest BCUT2D eigenvalue weighted by Crippen LogP contribution is -2.61. The fraction of sp³-hybridized carbons (Fsp3) is 0.667. The fourth-order valence-electron chi connectivity index (χ4n) is 3.70. The number of benzene rings is 1. The summed E-state index contributed by atoms with van der Waals surface area (Å²) in [7, 11) is 1.15. The minimum absolute atomic E-state index is 0.389. The Morgan fingerprint density at radius 3 is 2.00 bits per heavy atom. The second-order valence-electron chi connectivity index (χ2n) is 8.00. The summed E-state index contributed by atoms with van der Waals surface area (Å²) < 4.78 is 26.5. The van der Waals surface area contributed by atoms with Crippen molar-refractivity contribution in [2.75, 3.05) is 20.3 Å². The Kier molecular flexibility index (Phi) is 9.31. The number of ether oxygens (including phenoxy) is 5. The molecule has 2 aliphatic rings. The Balaban J connectivity index is 1.70. The lowest BCUT2D eigenvalue weighted by Gasteiger charge is -2.43. The standard InChI is InChI=1S/C21H30O13/c1-30-19(29)18(9-5-3-2-4-6-9)34-21-17(28)15(26)13(24)11(33-21)8-31-20-16(27)14(25)12(23)10(7-22)32-20/h2-6,10-18,20-28H,7-8H2,1H3. The van der Waals surface area contributed by atoms with Crippen molar-refractivity contribution in [3.05, 3.63) is 35.9 Å². The molecule has 0 spiro atoms. The molecular formula is C21H30O13. The molecule has 11 atom stereocenters. The highest BCUT2D eigenvalue weighted by atomic mass is 16.7. The smallest absolute Gasteiger partial charge is 0.339 e. The Bertz CT molecular complexity index is 777. The van der Waals surface area contributed by atoms with E-state index in [1.54, 1.807) is 30.3 Å². The van der Waals surface area contributed by atoms with Crippen LogP contribution in [0.2, 0.25) is 0 Å². The molecule has 2 heterocycles. The summed E-state index contributed by atoms with van der Waals surface area (Å²) in [6, 6.07) is 8.20. The van der Waals surface area contributed by atoms with E-state index < -0.39 is 86.7 Å². The molecule has 1 aromatic carbocycles. The second kappa shape index (κ2) is 11.8. The number of carbonyl (C=O) groups excluding carboxylic acids is 1. The van der Waals surface area contributed by atoms with Gasteiger partial charge in [-0.3, -0.25) is 0 Å². The number of esters is 1. The topological polar surface area (TPSA) is 205 Å². The minimum Gasteiger partial charge on any atom is -0.467 e. The monoisotopic (exact) mass is 490 g/mol. The van der Waals surface area contributed by atoms with Gasteiger partial charge in [-0.25, -0.2) is 4.79 Å². The van der Waals surface area contributed by atoms with E-state index in [9.17, 15) is 40.5 Å². The summed E-state index contributed by atoms with van der Waals surface area (Å²) in [6.07, 6.45) is -17.1. The third-order valence-electron chi connectivity index (χ3n) is 5.73. The van der Waals surface area contributed by atoms with Gasteiger partial charge in [0.05, 0.1) is 20.3 Å². The van der Waals surface area contributed by atoms with Crippen LogP contribution in [0.15, 0.2) is 30.3 Å².